The van der Waals surface area contributed by atoms with Crippen molar-refractivity contribution in [3.8, 4) is 5.75 Å². The van der Waals surface area contributed by atoms with Gasteiger partial charge in [0.25, 0.3) is 0 Å². The van der Waals surface area contributed by atoms with Gasteiger partial charge in [0.15, 0.2) is 0 Å². The second kappa shape index (κ2) is 4.81. The van der Waals surface area contributed by atoms with Crippen molar-refractivity contribution in [1.29, 1.82) is 0 Å². The predicted octanol–water partition coefficient (Wildman–Crippen LogP) is 4.40. The molecule has 2 rings (SSSR count). The maximum Gasteiger partial charge on any atom is 0.123 e. The van der Waals surface area contributed by atoms with E-state index in [1.807, 2.05) is 18.2 Å². The molecule has 0 unspecified atom stereocenters. The van der Waals surface area contributed by atoms with Crippen LogP contribution in [0.25, 0.3) is 0 Å². The molecular formula is C12H11BrOS. The zero-order valence-electron chi connectivity index (χ0n) is 8.37. The number of rotatable bonds is 3. The first-order valence-electron chi connectivity index (χ1n) is 4.66. The molecule has 0 fully saturated rings. The Balaban J connectivity index is 2.07. The molecule has 0 amide bonds. The zero-order chi connectivity index (χ0) is 10.7. The Morgan fingerprint density at radius 3 is 2.93 bits per heavy atom. The minimum Gasteiger partial charge on any atom is -0.489 e. The molecular weight excluding hydrogens is 272 g/mol. The summed E-state index contributed by atoms with van der Waals surface area (Å²) in [5.41, 5.74) is 2.38. The molecule has 0 aliphatic rings. The lowest BCUT2D eigenvalue weighted by atomic mass is 10.2. The van der Waals surface area contributed by atoms with Crippen LogP contribution in [0.2, 0.25) is 0 Å². The molecule has 78 valence electrons. The van der Waals surface area contributed by atoms with E-state index < -0.39 is 0 Å². The molecule has 1 nitrogen and oxygen atoms in total. The van der Waals surface area contributed by atoms with E-state index >= 15 is 0 Å². The molecule has 0 bridgehead atoms. The third kappa shape index (κ3) is 2.83. The van der Waals surface area contributed by atoms with E-state index in [-0.39, 0.29) is 0 Å². The van der Waals surface area contributed by atoms with Crippen LogP contribution in [0.4, 0.5) is 0 Å². The molecule has 0 radical (unpaired) electrons. The molecule has 1 aromatic heterocycles. The van der Waals surface area contributed by atoms with Crippen LogP contribution in [0.1, 0.15) is 11.1 Å². The number of hydrogen-bond donors (Lipinski definition) is 0. The third-order valence-electron chi connectivity index (χ3n) is 2.12. The first-order chi connectivity index (χ1) is 7.25. The summed E-state index contributed by atoms with van der Waals surface area (Å²) in [5, 5.41) is 4.17. The highest BCUT2D eigenvalue weighted by Gasteiger charge is 2.01. The lowest BCUT2D eigenvalue weighted by molar-refractivity contribution is 0.304. The van der Waals surface area contributed by atoms with Gasteiger partial charge in [0, 0.05) is 4.47 Å². The van der Waals surface area contributed by atoms with Gasteiger partial charge in [0.05, 0.1) is 0 Å². The van der Waals surface area contributed by atoms with E-state index in [1.54, 1.807) is 11.3 Å². The van der Waals surface area contributed by atoms with E-state index in [9.17, 15) is 0 Å². The van der Waals surface area contributed by atoms with Gasteiger partial charge in [0.2, 0.25) is 0 Å². The average Bonchev–Trinajstić information content (AvgIpc) is 2.72. The van der Waals surface area contributed by atoms with E-state index in [0.717, 1.165) is 15.8 Å². The Morgan fingerprint density at radius 1 is 1.33 bits per heavy atom. The summed E-state index contributed by atoms with van der Waals surface area (Å²) in [5.74, 6) is 0.940. The Bertz CT molecular complexity index is 437. The molecule has 0 aliphatic carbocycles. The van der Waals surface area contributed by atoms with Crippen LogP contribution in [-0.2, 0) is 6.61 Å². The second-order valence-corrected chi connectivity index (χ2v) is 5.03. The van der Waals surface area contributed by atoms with Crippen molar-refractivity contribution in [1.82, 2.24) is 0 Å². The number of thiophene rings is 1. The summed E-state index contributed by atoms with van der Waals surface area (Å²) in [6.07, 6.45) is 0. The van der Waals surface area contributed by atoms with Crippen LogP contribution in [0.3, 0.4) is 0 Å². The molecule has 0 saturated heterocycles. The summed E-state index contributed by atoms with van der Waals surface area (Å²) in [4.78, 5) is 0. The standard InChI is InChI=1S/C12H11BrOS/c1-9-2-3-11(13)6-12(9)14-7-10-4-5-15-8-10/h2-6,8H,7H2,1H3. The molecule has 0 aliphatic heterocycles. The molecule has 3 heteroatoms. The molecule has 0 atom stereocenters. The van der Waals surface area contributed by atoms with E-state index in [1.165, 1.54) is 5.56 Å². The first-order valence-corrected chi connectivity index (χ1v) is 6.39. The number of hydrogen-bond acceptors (Lipinski definition) is 2. The highest BCUT2D eigenvalue weighted by molar-refractivity contribution is 9.10. The van der Waals surface area contributed by atoms with Crippen molar-refractivity contribution in [3.05, 3.63) is 50.6 Å². The van der Waals surface area contributed by atoms with Crippen LogP contribution >= 0.6 is 27.3 Å². The molecule has 15 heavy (non-hydrogen) atoms. The van der Waals surface area contributed by atoms with Gasteiger partial charge in [0.1, 0.15) is 12.4 Å². The monoisotopic (exact) mass is 282 g/mol. The first kappa shape index (κ1) is 10.7. The lowest BCUT2D eigenvalue weighted by Crippen LogP contribution is -1.95. The Kier molecular flexibility index (Phi) is 3.44. The van der Waals surface area contributed by atoms with E-state index in [2.05, 4.69) is 39.7 Å². The number of benzene rings is 1. The molecule has 2 aromatic rings. The molecule has 1 heterocycles. The van der Waals surface area contributed by atoms with Crippen molar-refractivity contribution in [2.75, 3.05) is 0 Å². The normalized spacial score (nSPS) is 10.3. The van der Waals surface area contributed by atoms with Gasteiger partial charge < -0.3 is 4.74 Å². The van der Waals surface area contributed by atoms with Crippen LogP contribution in [0, 0.1) is 6.92 Å². The van der Waals surface area contributed by atoms with E-state index in [4.69, 9.17) is 4.74 Å². The summed E-state index contributed by atoms with van der Waals surface area (Å²) < 4.78 is 6.79. The zero-order valence-corrected chi connectivity index (χ0v) is 10.8. The summed E-state index contributed by atoms with van der Waals surface area (Å²) in [6.45, 7) is 2.69. The van der Waals surface area contributed by atoms with Crippen molar-refractivity contribution >= 4 is 27.3 Å². The molecule has 1 aromatic carbocycles. The maximum absolute atomic E-state index is 5.74. The minimum absolute atomic E-state index is 0.640. The van der Waals surface area contributed by atoms with Gasteiger partial charge in [-0.15, -0.1) is 0 Å². The maximum atomic E-state index is 5.74. The van der Waals surface area contributed by atoms with Crippen LogP contribution in [0.5, 0.6) is 5.75 Å². The van der Waals surface area contributed by atoms with Crippen molar-refractivity contribution < 1.29 is 4.74 Å². The highest BCUT2D eigenvalue weighted by atomic mass is 79.9. The SMILES string of the molecule is Cc1ccc(Br)cc1OCc1ccsc1. The van der Waals surface area contributed by atoms with Crippen molar-refractivity contribution in [2.45, 2.75) is 13.5 Å². The number of ether oxygens (including phenoxy) is 1. The van der Waals surface area contributed by atoms with E-state index in [0.29, 0.717) is 6.61 Å². The van der Waals surface area contributed by atoms with Crippen LogP contribution in [-0.4, -0.2) is 0 Å². The topological polar surface area (TPSA) is 9.23 Å². The fourth-order valence-corrected chi connectivity index (χ4v) is 2.26. The van der Waals surface area contributed by atoms with Gasteiger partial charge in [-0.2, -0.15) is 11.3 Å². The summed E-state index contributed by atoms with van der Waals surface area (Å²) in [7, 11) is 0. The largest absolute Gasteiger partial charge is 0.489 e. The quantitative estimate of drug-likeness (QED) is 0.811. The molecule has 0 N–H and O–H groups in total. The van der Waals surface area contributed by atoms with Crippen molar-refractivity contribution in [2.24, 2.45) is 0 Å². The summed E-state index contributed by atoms with van der Waals surface area (Å²) in [6, 6.07) is 8.15. The summed E-state index contributed by atoms with van der Waals surface area (Å²) >= 11 is 5.13. The van der Waals surface area contributed by atoms with Gasteiger partial charge in [-0.25, -0.2) is 0 Å². The highest BCUT2D eigenvalue weighted by Crippen LogP contribution is 2.23. The van der Waals surface area contributed by atoms with Gasteiger partial charge in [-0.3, -0.25) is 0 Å². The van der Waals surface area contributed by atoms with Gasteiger partial charge in [-0.1, -0.05) is 22.0 Å². The van der Waals surface area contributed by atoms with Crippen molar-refractivity contribution in [3.63, 3.8) is 0 Å². The predicted molar refractivity (Wildman–Crippen MR) is 67.5 cm³/mol. The van der Waals surface area contributed by atoms with Gasteiger partial charge in [-0.05, 0) is 47.0 Å². The Morgan fingerprint density at radius 2 is 2.20 bits per heavy atom. The minimum atomic E-state index is 0.640. The lowest BCUT2D eigenvalue weighted by Gasteiger charge is -2.08. The van der Waals surface area contributed by atoms with Crippen LogP contribution in [0.15, 0.2) is 39.5 Å². The fourth-order valence-electron chi connectivity index (χ4n) is 1.27. The Hall–Kier alpha value is -0.800. The Labute approximate surface area is 102 Å². The van der Waals surface area contributed by atoms with Crippen LogP contribution < -0.4 is 4.74 Å². The average molecular weight is 283 g/mol. The van der Waals surface area contributed by atoms with Gasteiger partial charge >= 0.3 is 0 Å². The second-order valence-electron chi connectivity index (χ2n) is 3.33. The molecule has 0 spiro atoms. The smallest absolute Gasteiger partial charge is 0.123 e. The number of halogens is 1. The third-order valence-corrected chi connectivity index (χ3v) is 3.35. The fraction of sp³-hybridized carbons (Fsp3) is 0.167. The number of aryl methyl sites for hydroxylation is 1. The molecule has 0 saturated carbocycles.